The van der Waals surface area contributed by atoms with Gasteiger partial charge in [-0.3, -0.25) is 9.59 Å². The van der Waals surface area contributed by atoms with E-state index in [-0.39, 0.29) is 17.9 Å². The van der Waals surface area contributed by atoms with Gasteiger partial charge in [-0.25, -0.2) is 5.43 Å². The number of likely N-dealkylation sites (tertiary alicyclic amines) is 1. The van der Waals surface area contributed by atoms with Crippen molar-refractivity contribution in [3.8, 4) is 0 Å². The van der Waals surface area contributed by atoms with Crippen LogP contribution in [-0.4, -0.2) is 35.0 Å². The van der Waals surface area contributed by atoms with Gasteiger partial charge < -0.3 is 9.32 Å². The van der Waals surface area contributed by atoms with Crippen LogP contribution in [-0.2, 0) is 6.42 Å². The Morgan fingerprint density at radius 3 is 2.67 bits per heavy atom. The number of carbonyl (C=O) groups is 2. The Morgan fingerprint density at radius 1 is 1.17 bits per heavy atom. The molecule has 1 aromatic carbocycles. The molecule has 7 heteroatoms. The smallest absolute Gasteiger partial charge is 0.290 e. The number of aryl methyl sites for hydroxylation is 1. The number of carbonyl (C=O) groups excluding carboxylic acids is 2. The second-order valence-electron chi connectivity index (χ2n) is 8.06. The van der Waals surface area contributed by atoms with Gasteiger partial charge in [-0.1, -0.05) is 15.9 Å². The summed E-state index contributed by atoms with van der Waals surface area (Å²) in [7, 11) is 0. The van der Waals surface area contributed by atoms with E-state index in [2.05, 4.69) is 33.4 Å². The molecule has 30 heavy (non-hydrogen) atoms. The monoisotopic (exact) mass is 471 g/mol. The summed E-state index contributed by atoms with van der Waals surface area (Å²) in [6.07, 6.45) is 5.61. The van der Waals surface area contributed by atoms with Crippen molar-refractivity contribution in [2.24, 2.45) is 5.10 Å². The second-order valence-corrected chi connectivity index (χ2v) is 8.97. The Morgan fingerprint density at radius 2 is 1.93 bits per heavy atom. The fourth-order valence-corrected chi connectivity index (χ4v) is 4.56. The molecule has 0 bridgehead atoms. The zero-order valence-electron chi connectivity index (χ0n) is 17.3. The van der Waals surface area contributed by atoms with Gasteiger partial charge >= 0.3 is 0 Å². The molecule has 4 rings (SSSR count). The molecule has 0 saturated carbocycles. The lowest BCUT2D eigenvalue weighted by atomic mass is 9.93. The number of nitrogens with zero attached hydrogens (tertiary/aromatic N) is 2. The number of furan rings is 1. The third-order valence-electron chi connectivity index (χ3n) is 5.98. The molecule has 0 radical (unpaired) electrons. The number of piperidine rings is 1. The van der Waals surface area contributed by atoms with Crippen LogP contribution in [0.25, 0.3) is 0 Å². The molecule has 1 aromatic heterocycles. The highest BCUT2D eigenvalue weighted by atomic mass is 79.9. The standard InChI is InChI=1S/C23H26BrN3O3/c1-14-6-3-4-13-27(14)23(29)21-15(2)20-18(7-5-8-19(20)30-21)25-26-22(28)16-9-11-17(24)12-10-16/h9-12,14H,3-8,13H2,1-2H3,(H,26,28)/b25-18+. The second kappa shape index (κ2) is 8.76. The first-order valence-electron chi connectivity index (χ1n) is 10.5. The third kappa shape index (κ3) is 4.08. The predicted molar refractivity (Wildman–Crippen MR) is 119 cm³/mol. The number of hydrogen-bond acceptors (Lipinski definition) is 4. The molecule has 1 saturated heterocycles. The van der Waals surface area contributed by atoms with Crippen LogP contribution in [0.2, 0.25) is 0 Å². The lowest BCUT2D eigenvalue weighted by Crippen LogP contribution is -2.42. The molecule has 1 atom stereocenters. The van der Waals surface area contributed by atoms with Crippen molar-refractivity contribution < 1.29 is 14.0 Å². The Kier molecular flexibility index (Phi) is 6.09. The van der Waals surface area contributed by atoms with E-state index in [1.807, 2.05) is 24.0 Å². The molecule has 1 fully saturated rings. The minimum atomic E-state index is -0.262. The number of fused-ring (bicyclic) bond motifs is 1. The third-order valence-corrected chi connectivity index (χ3v) is 6.51. The van der Waals surface area contributed by atoms with Crippen LogP contribution in [0.3, 0.4) is 0 Å². The lowest BCUT2D eigenvalue weighted by Gasteiger charge is -2.32. The Bertz CT molecular complexity index is 994. The predicted octanol–water partition coefficient (Wildman–Crippen LogP) is 4.84. The summed E-state index contributed by atoms with van der Waals surface area (Å²) in [4.78, 5) is 27.5. The maximum Gasteiger partial charge on any atom is 0.290 e. The largest absolute Gasteiger partial charge is 0.455 e. The number of hydrazone groups is 1. The van der Waals surface area contributed by atoms with Crippen LogP contribution >= 0.6 is 15.9 Å². The summed E-state index contributed by atoms with van der Waals surface area (Å²) in [5.74, 6) is 0.917. The van der Waals surface area contributed by atoms with Gasteiger partial charge in [0.1, 0.15) is 5.76 Å². The molecular weight excluding hydrogens is 446 g/mol. The summed E-state index contributed by atoms with van der Waals surface area (Å²) >= 11 is 3.37. The van der Waals surface area contributed by atoms with Crippen molar-refractivity contribution in [3.05, 3.63) is 56.9 Å². The molecule has 1 aliphatic heterocycles. The van der Waals surface area contributed by atoms with Gasteiger partial charge in [0.05, 0.1) is 5.71 Å². The molecular formula is C23H26BrN3O3. The van der Waals surface area contributed by atoms with Crippen molar-refractivity contribution in [1.29, 1.82) is 0 Å². The van der Waals surface area contributed by atoms with E-state index < -0.39 is 0 Å². The number of amides is 2. The van der Waals surface area contributed by atoms with E-state index in [0.717, 1.165) is 72.1 Å². The molecule has 1 unspecified atom stereocenters. The van der Waals surface area contributed by atoms with Crippen molar-refractivity contribution >= 4 is 33.5 Å². The van der Waals surface area contributed by atoms with Crippen LogP contribution < -0.4 is 5.43 Å². The Balaban J connectivity index is 1.58. The summed E-state index contributed by atoms with van der Waals surface area (Å²) in [6.45, 7) is 4.79. The van der Waals surface area contributed by atoms with E-state index in [4.69, 9.17) is 4.42 Å². The number of benzene rings is 1. The number of halogens is 1. The fraction of sp³-hybridized carbons (Fsp3) is 0.435. The maximum atomic E-state index is 13.2. The van der Waals surface area contributed by atoms with E-state index in [1.165, 1.54) is 0 Å². The Hall–Kier alpha value is -2.41. The first kappa shape index (κ1) is 20.8. The van der Waals surface area contributed by atoms with Crippen molar-refractivity contribution in [2.75, 3.05) is 6.54 Å². The van der Waals surface area contributed by atoms with E-state index in [9.17, 15) is 9.59 Å². The van der Waals surface area contributed by atoms with Gasteiger partial charge in [0.2, 0.25) is 0 Å². The van der Waals surface area contributed by atoms with Gasteiger partial charge in [-0.2, -0.15) is 5.10 Å². The van der Waals surface area contributed by atoms with E-state index in [0.29, 0.717) is 11.3 Å². The highest BCUT2D eigenvalue weighted by Crippen LogP contribution is 2.31. The molecule has 1 N–H and O–H groups in total. The molecule has 2 amide bonds. The topological polar surface area (TPSA) is 74.9 Å². The van der Waals surface area contributed by atoms with Crippen molar-refractivity contribution in [2.45, 2.75) is 58.4 Å². The quantitative estimate of drug-likeness (QED) is 0.650. The average Bonchev–Trinajstić information content (AvgIpc) is 3.09. The zero-order valence-corrected chi connectivity index (χ0v) is 18.9. The highest BCUT2D eigenvalue weighted by Gasteiger charge is 2.32. The highest BCUT2D eigenvalue weighted by molar-refractivity contribution is 9.10. The first-order valence-corrected chi connectivity index (χ1v) is 11.3. The number of rotatable bonds is 3. The molecule has 2 aromatic rings. The van der Waals surface area contributed by atoms with Crippen molar-refractivity contribution in [1.82, 2.24) is 10.3 Å². The minimum absolute atomic E-state index is 0.0349. The molecule has 158 valence electrons. The summed E-state index contributed by atoms with van der Waals surface area (Å²) in [6, 6.07) is 7.35. The van der Waals surface area contributed by atoms with Crippen LogP contribution in [0.4, 0.5) is 0 Å². The van der Waals surface area contributed by atoms with Gasteiger partial charge in [0, 0.05) is 40.2 Å². The molecule has 1 aliphatic carbocycles. The summed E-state index contributed by atoms with van der Waals surface area (Å²) < 4.78 is 6.96. The van der Waals surface area contributed by atoms with Crippen LogP contribution in [0.1, 0.15) is 76.8 Å². The maximum absolute atomic E-state index is 13.2. The van der Waals surface area contributed by atoms with Gasteiger partial charge in [0.25, 0.3) is 11.8 Å². The van der Waals surface area contributed by atoms with Crippen LogP contribution in [0.15, 0.2) is 38.3 Å². The molecule has 2 aliphatic rings. The number of nitrogens with one attached hydrogen (secondary N) is 1. The summed E-state index contributed by atoms with van der Waals surface area (Å²) in [5.41, 5.74) is 5.68. The molecule has 0 spiro atoms. The van der Waals surface area contributed by atoms with Crippen LogP contribution in [0.5, 0.6) is 0 Å². The zero-order chi connectivity index (χ0) is 21.3. The normalized spacial score (nSPS) is 20.2. The Labute approximate surface area is 184 Å². The van der Waals surface area contributed by atoms with Crippen molar-refractivity contribution in [3.63, 3.8) is 0 Å². The van der Waals surface area contributed by atoms with Crippen LogP contribution in [0, 0.1) is 6.92 Å². The summed E-state index contributed by atoms with van der Waals surface area (Å²) in [5, 5.41) is 4.40. The SMILES string of the molecule is Cc1c(C(=O)N2CCCCC2C)oc2c1/C(=N/NC(=O)c1ccc(Br)cc1)CCC2. The van der Waals surface area contributed by atoms with Gasteiger partial charge in [0.15, 0.2) is 5.76 Å². The fourth-order valence-electron chi connectivity index (χ4n) is 4.30. The minimum Gasteiger partial charge on any atom is -0.455 e. The van der Waals surface area contributed by atoms with Gasteiger partial charge in [-0.05, 0) is 70.2 Å². The first-order chi connectivity index (χ1) is 14.5. The molecule has 2 heterocycles. The van der Waals surface area contributed by atoms with E-state index in [1.54, 1.807) is 12.1 Å². The average molecular weight is 472 g/mol. The van der Waals surface area contributed by atoms with Gasteiger partial charge in [-0.15, -0.1) is 0 Å². The lowest BCUT2D eigenvalue weighted by molar-refractivity contribution is 0.0600. The molecule has 6 nitrogen and oxygen atoms in total. The van der Waals surface area contributed by atoms with E-state index >= 15 is 0 Å². The number of hydrogen-bond donors (Lipinski definition) is 1.